The lowest BCUT2D eigenvalue weighted by atomic mass is 9.91. The predicted octanol–water partition coefficient (Wildman–Crippen LogP) is 8.49. The molecule has 7 N–H and O–H groups in total. The highest BCUT2D eigenvalue weighted by molar-refractivity contribution is 5.93. The Labute approximate surface area is 309 Å². The first-order valence-corrected chi connectivity index (χ1v) is 16.7. The Bertz CT molecular complexity index is 2060. The molecule has 1 unspecified atom stereocenters. The molecule has 0 aliphatic heterocycles. The molecule has 6 rings (SSSR count). The number of halogens is 7. The number of carboxylic acid groups (broad SMARTS) is 2. The van der Waals surface area contributed by atoms with Crippen LogP contribution in [0.2, 0.25) is 0 Å². The predicted molar refractivity (Wildman–Crippen MR) is 188 cm³/mol. The average molecular weight is 780 g/mol. The number of aromatic amines is 1. The van der Waals surface area contributed by atoms with Crippen LogP contribution in [0.5, 0.6) is 11.5 Å². The number of benzene rings is 3. The molecule has 1 saturated carbocycles. The molecule has 55 heavy (non-hydrogen) atoms. The lowest BCUT2D eigenvalue weighted by molar-refractivity contribution is -0.193. The number of fused-ring (bicyclic) bond motifs is 1. The van der Waals surface area contributed by atoms with E-state index in [1.807, 2.05) is 61.7 Å². The average Bonchev–Trinajstić information content (AvgIpc) is 3.60. The number of nitrogens with one attached hydrogen (secondary N) is 1. The molecule has 0 saturated heterocycles. The summed E-state index contributed by atoms with van der Waals surface area (Å²) in [6.45, 7) is 2.33. The van der Waals surface area contributed by atoms with E-state index < -0.39 is 36.0 Å². The molecule has 0 radical (unpaired) electrons. The molecule has 11 nitrogen and oxygen atoms in total. The second-order valence-electron chi connectivity index (χ2n) is 12.1. The molecular weight excluding hydrogens is 743 g/mol. The van der Waals surface area contributed by atoms with Gasteiger partial charge in [-0.15, -0.1) is 0 Å². The number of ether oxygens (including phenoxy) is 2. The summed E-state index contributed by atoms with van der Waals surface area (Å²) >= 11 is 0. The number of aromatic nitrogens is 3. The van der Waals surface area contributed by atoms with E-state index in [4.69, 9.17) is 50.7 Å². The van der Waals surface area contributed by atoms with Crippen LogP contribution >= 0.6 is 0 Å². The van der Waals surface area contributed by atoms with Crippen LogP contribution in [0.1, 0.15) is 62.0 Å². The summed E-state index contributed by atoms with van der Waals surface area (Å²) in [4.78, 5) is 30.8. The van der Waals surface area contributed by atoms with Crippen LogP contribution in [-0.4, -0.2) is 62.2 Å². The lowest BCUT2D eigenvalue weighted by Gasteiger charge is -2.25. The minimum absolute atomic E-state index is 0.0351. The van der Waals surface area contributed by atoms with E-state index >= 15 is 4.39 Å². The summed E-state index contributed by atoms with van der Waals surface area (Å²) in [7, 11) is 0. The molecule has 0 bridgehead atoms. The van der Waals surface area contributed by atoms with Gasteiger partial charge in [0.25, 0.3) is 0 Å². The fourth-order valence-corrected chi connectivity index (χ4v) is 5.66. The number of nitrogens with zero attached hydrogens (tertiary/aromatic N) is 2. The third kappa shape index (κ3) is 11.2. The minimum atomic E-state index is -5.08. The van der Waals surface area contributed by atoms with Crippen molar-refractivity contribution in [2.75, 3.05) is 18.1 Å². The van der Waals surface area contributed by atoms with E-state index in [-0.39, 0.29) is 11.9 Å². The number of nitrogens with two attached hydrogens (primary N) is 2. The number of carboxylic acids is 2. The Kier molecular flexibility index (Phi) is 13.5. The lowest BCUT2D eigenvalue weighted by Crippen LogP contribution is -2.21. The van der Waals surface area contributed by atoms with Crippen LogP contribution in [-0.2, 0) is 9.59 Å². The number of alkyl halides is 6. The summed E-state index contributed by atoms with van der Waals surface area (Å²) in [5.41, 5.74) is 15.7. The number of rotatable bonds is 8. The number of imidazole rings is 1. The zero-order valence-electron chi connectivity index (χ0n) is 29.0. The Morgan fingerprint density at radius 2 is 1.51 bits per heavy atom. The molecule has 1 atom stereocenters. The summed E-state index contributed by atoms with van der Waals surface area (Å²) in [5, 5.41) is 15.8. The molecule has 3 aromatic carbocycles. The van der Waals surface area contributed by atoms with Crippen molar-refractivity contribution in [3.63, 3.8) is 0 Å². The van der Waals surface area contributed by atoms with Crippen LogP contribution in [0.15, 0.2) is 72.9 Å². The van der Waals surface area contributed by atoms with Crippen molar-refractivity contribution in [1.29, 1.82) is 0 Å². The zero-order valence-corrected chi connectivity index (χ0v) is 29.0. The van der Waals surface area contributed by atoms with E-state index in [9.17, 15) is 26.3 Å². The third-order valence-corrected chi connectivity index (χ3v) is 8.13. The van der Waals surface area contributed by atoms with E-state index in [0.29, 0.717) is 40.9 Å². The molecule has 1 fully saturated rings. The van der Waals surface area contributed by atoms with Gasteiger partial charge in [-0.25, -0.2) is 23.9 Å². The highest BCUT2D eigenvalue weighted by atomic mass is 19.4. The first-order chi connectivity index (χ1) is 25.9. The molecule has 0 amide bonds. The first kappa shape index (κ1) is 41.7. The number of anilines is 2. The van der Waals surface area contributed by atoms with Crippen molar-refractivity contribution in [2.45, 2.75) is 63.4 Å². The van der Waals surface area contributed by atoms with E-state index in [1.165, 1.54) is 6.42 Å². The second kappa shape index (κ2) is 17.8. The van der Waals surface area contributed by atoms with Gasteiger partial charge in [-0.05, 0) is 68.3 Å². The van der Waals surface area contributed by atoms with Crippen LogP contribution in [0.3, 0.4) is 0 Å². The fourth-order valence-electron chi connectivity index (χ4n) is 5.66. The summed E-state index contributed by atoms with van der Waals surface area (Å²) in [6.07, 6.45) is -3.25. The van der Waals surface area contributed by atoms with Crippen molar-refractivity contribution in [1.82, 2.24) is 15.0 Å². The number of carbonyl (C=O) groups is 2. The summed E-state index contributed by atoms with van der Waals surface area (Å²) in [6, 6.07) is 20.6. The Morgan fingerprint density at radius 1 is 0.891 bits per heavy atom. The number of nitrogen functional groups attached to an aromatic ring is 2. The van der Waals surface area contributed by atoms with Crippen molar-refractivity contribution >= 4 is 34.2 Å². The van der Waals surface area contributed by atoms with Crippen molar-refractivity contribution in [2.24, 2.45) is 0 Å². The SMILES string of the molecule is CCOc1cc(OC2CCCCC2)c(F)c(C(c2cc3cc(N)ccc3c(N)n2)c2nc(-c3ccccc3)c[nH]2)c1.O=C(O)C(F)(F)F.O=C(O)C(F)(F)F. The van der Waals surface area contributed by atoms with Gasteiger partial charge in [0.05, 0.1) is 30.0 Å². The molecule has 294 valence electrons. The Morgan fingerprint density at radius 3 is 2.09 bits per heavy atom. The van der Waals surface area contributed by atoms with Gasteiger partial charge in [0.1, 0.15) is 17.4 Å². The molecule has 18 heteroatoms. The largest absolute Gasteiger partial charge is 0.494 e. The van der Waals surface area contributed by atoms with Crippen LogP contribution < -0.4 is 20.9 Å². The Balaban J connectivity index is 0.000000410. The number of aliphatic carboxylic acids is 2. The quantitative estimate of drug-likeness (QED) is 0.0755. The third-order valence-electron chi connectivity index (χ3n) is 8.13. The van der Waals surface area contributed by atoms with Crippen LogP contribution in [0.25, 0.3) is 22.0 Å². The molecule has 0 spiro atoms. The van der Waals surface area contributed by atoms with Gasteiger partial charge in [0, 0.05) is 34.5 Å². The van der Waals surface area contributed by atoms with Gasteiger partial charge >= 0.3 is 24.3 Å². The normalized spacial score (nSPS) is 13.8. The monoisotopic (exact) mass is 779 g/mol. The van der Waals surface area contributed by atoms with Crippen molar-refractivity contribution in [3.05, 3.63) is 95.8 Å². The summed E-state index contributed by atoms with van der Waals surface area (Å²) < 4.78 is 92.2. The molecular formula is C37H36F7N5O6. The van der Waals surface area contributed by atoms with Gasteiger partial charge < -0.3 is 36.1 Å². The van der Waals surface area contributed by atoms with Crippen molar-refractivity contribution < 1.29 is 60.0 Å². The number of pyridine rings is 1. The smallest absolute Gasteiger partial charge is 0.490 e. The van der Waals surface area contributed by atoms with Gasteiger partial charge in [-0.3, -0.25) is 0 Å². The maximum absolute atomic E-state index is 16.6. The highest BCUT2D eigenvalue weighted by Gasteiger charge is 2.39. The minimum Gasteiger partial charge on any atom is -0.494 e. The second-order valence-corrected chi connectivity index (χ2v) is 12.1. The van der Waals surface area contributed by atoms with Crippen molar-refractivity contribution in [3.8, 4) is 22.8 Å². The Hall–Kier alpha value is -6.07. The molecule has 1 aliphatic carbocycles. The van der Waals surface area contributed by atoms with E-state index in [2.05, 4.69) is 4.98 Å². The maximum atomic E-state index is 16.6. The van der Waals surface area contributed by atoms with Gasteiger partial charge in [0.15, 0.2) is 11.6 Å². The van der Waals surface area contributed by atoms with Crippen LogP contribution in [0, 0.1) is 5.82 Å². The van der Waals surface area contributed by atoms with Crippen LogP contribution in [0.4, 0.5) is 42.2 Å². The molecule has 2 aromatic heterocycles. The fraction of sp³-hybridized carbons (Fsp3) is 0.297. The topological polar surface area (TPSA) is 187 Å². The number of H-pyrrole nitrogens is 1. The van der Waals surface area contributed by atoms with Gasteiger partial charge in [-0.2, -0.15) is 26.3 Å². The highest BCUT2D eigenvalue weighted by Crippen LogP contribution is 2.40. The number of hydrogen-bond acceptors (Lipinski definition) is 8. The number of hydrogen-bond donors (Lipinski definition) is 5. The van der Waals surface area contributed by atoms with Gasteiger partial charge in [-0.1, -0.05) is 36.8 Å². The maximum Gasteiger partial charge on any atom is 0.490 e. The van der Waals surface area contributed by atoms with Gasteiger partial charge in [0.2, 0.25) is 0 Å². The zero-order chi connectivity index (χ0) is 40.5. The molecule has 1 aliphatic rings. The standard InChI is InChI=1S/C33H34FN5O2.2C2HF3O2/c1-2-40-24-17-26(31(34)29(18-24)41-23-11-7-4-8-12-23)30(33-37-19-28(39-33)20-9-5-3-6-10-20)27-16-21-15-22(35)13-14-25(21)32(36)38-27;2*3-2(4,5)1(6)7/h3,5-6,9-10,13-19,23,30H,2,4,7-8,11-12,35H2,1H3,(H2,36,38)(H,37,39);2*(H,6,7). The molecule has 2 heterocycles. The molecule has 5 aromatic rings. The van der Waals surface area contributed by atoms with E-state index in [1.54, 1.807) is 18.2 Å². The first-order valence-electron chi connectivity index (χ1n) is 16.7. The summed E-state index contributed by atoms with van der Waals surface area (Å²) in [5.74, 6) is -5.15. The van der Waals surface area contributed by atoms with E-state index in [0.717, 1.165) is 47.7 Å².